The molecular weight excluding hydrogens is 296 g/mol. The summed E-state index contributed by atoms with van der Waals surface area (Å²) in [4.78, 5) is 18.8. The van der Waals surface area contributed by atoms with Crippen LogP contribution in [0.5, 0.6) is 0 Å². The molecule has 23 heavy (non-hydrogen) atoms. The van der Waals surface area contributed by atoms with Crippen LogP contribution in [0.15, 0.2) is 33.3 Å². The molecule has 1 unspecified atom stereocenters. The highest BCUT2D eigenvalue weighted by Gasteiger charge is 2.34. The lowest BCUT2D eigenvalue weighted by Crippen LogP contribution is -2.32. The molecular formula is C16H16N4O3. The SMILES string of the molecule is Cc1noc(C2CCCN2C(=O)Cc2noc3ccccc23)n1. The number of amides is 1. The largest absolute Gasteiger partial charge is 0.356 e. The van der Waals surface area contributed by atoms with Gasteiger partial charge in [-0.2, -0.15) is 4.98 Å². The molecule has 7 heteroatoms. The Hall–Kier alpha value is -2.70. The van der Waals surface area contributed by atoms with Gasteiger partial charge in [0.1, 0.15) is 11.7 Å². The molecule has 1 fully saturated rings. The van der Waals surface area contributed by atoms with E-state index in [9.17, 15) is 4.79 Å². The zero-order valence-corrected chi connectivity index (χ0v) is 12.7. The van der Waals surface area contributed by atoms with Crippen molar-refractivity contribution in [3.05, 3.63) is 41.7 Å². The maximum Gasteiger partial charge on any atom is 0.249 e. The summed E-state index contributed by atoms with van der Waals surface area (Å²) in [5, 5.41) is 8.73. The van der Waals surface area contributed by atoms with Gasteiger partial charge in [-0.05, 0) is 31.9 Å². The van der Waals surface area contributed by atoms with Crippen molar-refractivity contribution in [2.45, 2.75) is 32.2 Å². The molecule has 1 aromatic carbocycles. The monoisotopic (exact) mass is 312 g/mol. The van der Waals surface area contributed by atoms with E-state index in [0.717, 1.165) is 18.2 Å². The van der Waals surface area contributed by atoms with Crippen LogP contribution in [0.25, 0.3) is 11.0 Å². The molecule has 1 atom stereocenters. The van der Waals surface area contributed by atoms with Crippen LogP contribution in [-0.4, -0.2) is 32.6 Å². The summed E-state index contributed by atoms with van der Waals surface area (Å²) in [6.07, 6.45) is 1.98. The standard InChI is InChI=1S/C16H16N4O3/c1-10-17-16(23-18-10)13-6-4-8-20(13)15(21)9-12-11-5-2-3-7-14(11)22-19-12/h2-3,5,7,13H,4,6,8-9H2,1H3. The van der Waals surface area contributed by atoms with E-state index in [1.165, 1.54) is 0 Å². The second-order valence-electron chi connectivity index (χ2n) is 5.73. The maximum atomic E-state index is 12.7. The van der Waals surface area contributed by atoms with Gasteiger partial charge < -0.3 is 13.9 Å². The lowest BCUT2D eigenvalue weighted by atomic mass is 10.1. The Morgan fingerprint density at radius 1 is 1.30 bits per heavy atom. The summed E-state index contributed by atoms with van der Waals surface area (Å²) in [6, 6.07) is 7.41. The van der Waals surface area contributed by atoms with Crippen LogP contribution in [0.3, 0.4) is 0 Å². The Kier molecular flexibility index (Phi) is 3.33. The molecule has 2 aromatic heterocycles. The quantitative estimate of drug-likeness (QED) is 0.738. The average Bonchev–Trinajstić information content (AvgIpc) is 3.26. The Morgan fingerprint density at radius 2 is 2.17 bits per heavy atom. The molecule has 0 spiro atoms. The number of hydrogen-bond acceptors (Lipinski definition) is 6. The number of carbonyl (C=O) groups excluding carboxylic acids is 1. The minimum Gasteiger partial charge on any atom is -0.356 e. The van der Waals surface area contributed by atoms with Gasteiger partial charge in [-0.1, -0.05) is 22.4 Å². The number of hydrogen-bond donors (Lipinski definition) is 0. The van der Waals surface area contributed by atoms with Gasteiger partial charge in [0.15, 0.2) is 11.4 Å². The smallest absolute Gasteiger partial charge is 0.249 e. The van der Waals surface area contributed by atoms with Gasteiger partial charge in [-0.3, -0.25) is 4.79 Å². The number of carbonyl (C=O) groups is 1. The van der Waals surface area contributed by atoms with E-state index in [4.69, 9.17) is 9.05 Å². The van der Waals surface area contributed by atoms with Crippen LogP contribution in [-0.2, 0) is 11.2 Å². The molecule has 1 aliphatic heterocycles. The van der Waals surface area contributed by atoms with E-state index < -0.39 is 0 Å². The summed E-state index contributed by atoms with van der Waals surface area (Å²) < 4.78 is 10.5. The molecule has 0 saturated carbocycles. The molecule has 3 heterocycles. The average molecular weight is 312 g/mol. The van der Waals surface area contributed by atoms with E-state index in [-0.39, 0.29) is 18.4 Å². The lowest BCUT2D eigenvalue weighted by molar-refractivity contribution is -0.131. The number of para-hydroxylation sites is 1. The first-order chi connectivity index (χ1) is 11.2. The van der Waals surface area contributed by atoms with E-state index in [0.29, 0.717) is 29.5 Å². The third kappa shape index (κ3) is 2.48. The van der Waals surface area contributed by atoms with Gasteiger partial charge in [-0.25, -0.2) is 0 Å². The Labute approximate surface area is 132 Å². The second kappa shape index (κ2) is 5.49. The molecule has 4 rings (SSSR count). The summed E-state index contributed by atoms with van der Waals surface area (Å²) >= 11 is 0. The van der Waals surface area contributed by atoms with Crippen LogP contribution in [0.1, 0.15) is 36.3 Å². The zero-order valence-electron chi connectivity index (χ0n) is 12.7. The first kappa shape index (κ1) is 13.9. The van der Waals surface area contributed by atoms with Crippen LogP contribution in [0.4, 0.5) is 0 Å². The zero-order chi connectivity index (χ0) is 15.8. The van der Waals surface area contributed by atoms with Gasteiger partial charge in [0, 0.05) is 11.9 Å². The third-order valence-corrected chi connectivity index (χ3v) is 4.17. The molecule has 0 N–H and O–H groups in total. The van der Waals surface area contributed by atoms with E-state index in [1.807, 2.05) is 24.3 Å². The first-order valence-electron chi connectivity index (χ1n) is 7.65. The van der Waals surface area contributed by atoms with Crippen molar-refractivity contribution in [2.24, 2.45) is 0 Å². The molecule has 3 aromatic rings. The summed E-state index contributed by atoms with van der Waals surface area (Å²) in [5.41, 5.74) is 1.36. The van der Waals surface area contributed by atoms with Gasteiger partial charge in [0.25, 0.3) is 0 Å². The van der Waals surface area contributed by atoms with Gasteiger partial charge in [0.05, 0.1) is 6.42 Å². The predicted octanol–water partition coefficient (Wildman–Crippen LogP) is 2.43. The molecule has 0 bridgehead atoms. The minimum absolute atomic E-state index is 0.00223. The Bertz CT molecular complexity index is 854. The summed E-state index contributed by atoms with van der Waals surface area (Å²) in [6.45, 7) is 2.47. The minimum atomic E-state index is -0.137. The number of aryl methyl sites for hydroxylation is 1. The fourth-order valence-electron chi connectivity index (χ4n) is 3.08. The van der Waals surface area contributed by atoms with Crippen LogP contribution >= 0.6 is 0 Å². The molecule has 7 nitrogen and oxygen atoms in total. The van der Waals surface area contributed by atoms with Crippen molar-refractivity contribution in [3.63, 3.8) is 0 Å². The molecule has 118 valence electrons. The molecule has 1 aliphatic rings. The third-order valence-electron chi connectivity index (χ3n) is 4.17. The summed E-state index contributed by atoms with van der Waals surface area (Å²) in [7, 11) is 0. The van der Waals surface area contributed by atoms with Gasteiger partial charge >= 0.3 is 0 Å². The van der Waals surface area contributed by atoms with Crippen molar-refractivity contribution < 1.29 is 13.8 Å². The number of fused-ring (bicyclic) bond motifs is 1. The molecule has 1 amide bonds. The number of aromatic nitrogens is 3. The molecule has 0 radical (unpaired) electrons. The first-order valence-corrected chi connectivity index (χ1v) is 7.65. The second-order valence-corrected chi connectivity index (χ2v) is 5.73. The van der Waals surface area contributed by atoms with Gasteiger partial charge in [0.2, 0.25) is 11.8 Å². The normalized spacial score (nSPS) is 18.0. The Balaban J connectivity index is 1.56. The lowest BCUT2D eigenvalue weighted by Gasteiger charge is -2.21. The molecule has 1 saturated heterocycles. The number of nitrogens with zero attached hydrogens (tertiary/aromatic N) is 4. The van der Waals surface area contributed by atoms with E-state index in [1.54, 1.807) is 11.8 Å². The van der Waals surface area contributed by atoms with Crippen LogP contribution in [0.2, 0.25) is 0 Å². The fraction of sp³-hybridized carbons (Fsp3) is 0.375. The van der Waals surface area contributed by atoms with Crippen molar-refractivity contribution in [3.8, 4) is 0 Å². The number of benzene rings is 1. The number of rotatable bonds is 3. The highest BCUT2D eigenvalue weighted by atomic mass is 16.5. The number of likely N-dealkylation sites (tertiary alicyclic amines) is 1. The van der Waals surface area contributed by atoms with Crippen molar-refractivity contribution in [1.82, 2.24) is 20.2 Å². The van der Waals surface area contributed by atoms with Crippen LogP contribution in [0, 0.1) is 6.92 Å². The topological polar surface area (TPSA) is 85.3 Å². The maximum absolute atomic E-state index is 12.7. The van der Waals surface area contributed by atoms with E-state index in [2.05, 4.69) is 15.3 Å². The van der Waals surface area contributed by atoms with Crippen molar-refractivity contribution >= 4 is 16.9 Å². The molecule has 0 aliphatic carbocycles. The van der Waals surface area contributed by atoms with E-state index >= 15 is 0 Å². The van der Waals surface area contributed by atoms with Gasteiger partial charge in [-0.15, -0.1) is 0 Å². The Morgan fingerprint density at radius 3 is 3.00 bits per heavy atom. The van der Waals surface area contributed by atoms with Crippen molar-refractivity contribution in [1.29, 1.82) is 0 Å². The predicted molar refractivity (Wildman–Crippen MR) is 80.4 cm³/mol. The summed E-state index contributed by atoms with van der Waals surface area (Å²) in [5.74, 6) is 1.10. The highest BCUT2D eigenvalue weighted by Crippen LogP contribution is 2.31. The van der Waals surface area contributed by atoms with Crippen molar-refractivity contribution in [2.75, 3.05) is 6.54 Å². The van der Waals surface area contributed by atoms with Crippen LogP contribution < -0.4 is 0 Å². The highest BCUT2D eigenvalue weighted by molar-refractivity contribution is 5.86. The fourth-order valence-corrected chi connectivity index (χ4v) is 3.08.